The highest BCUT2D eigenvalue weighted by Gasteiger charge is 2.29. The number of carbonyl (C=O) groups is 1. The Morgan fingerprint density at radius 3 is 2.53 bits per heavy atom. The predicted molar refractivity (Wildman–Crippen MR) is 146 cm³/mol. The number of nitrogens with zero attached hydrogens (tertiary/aromatic N) is 3. The number of rotatable bonds is 6. The Bertz CT molecular complexity index is 1610. The maximum atomic E-state index is 13.1. The van der Waals surface area contributed by atoms with Crippen LogP contribution in [-0.2, 0) is 16.6 Å². The largest absolute Gasteiger partial charge is 0.312 e. The van der Waals surface area contributed by atoms with Gasteiger partial charge in [0.25, 0.3) is 5.91 Å². The molecule has 5 rings (SSSR count). The molecule has 0 bridgehead atoms. The summed E-state index contributed by atoms with van der Waals surface area (Å²) in [4.78, 5) is 18.3. The number of amides is 1. The minimum Gasteiger partial charge on any atom is -0.312 e. The first-order valence-electron chi connectivity index (χ1n) is 12.2. The molecule has 1 fully saturated rings. The van der Waals surface area contributed by atoms with Gasteiger partial charge in [0.1, 0.15) is 0 Å². The van der Waals surface area contributed by atoms with Crippen LogP contribution in [0.5, 0.6) is 0 Å². The Hall–Kier alpha value is -3.07. The van der Waals surface area contributed by atoms with Crippen LogP contribution in [0.1, 0.15) is 42.5 Å². The summed E-state index contributed by atoms with van der Waals surface area (Å²) in [7, 11) is -1.96. The Morgan fingerprint density at radius 2 is 1.81 bits per heavy atom. The van der Waals surface area contributed by atoms with Gasteiger partial charge in [-0.25, -0.2) is 8.42 Å². The number of thiazole rings is 1. The zero-order valence-electron chi connectivity index (χ0n) is 20.3. The molecule has 0 spiro atoms. The maximum absolute atomic E-state index is 13.1. The standard InChI is InChI=1S/C28H29N3O3S2/c1-3-19-31-25-18-15-20-9-7-8-12-24(20)26(25)35-28(31)29-27(32)21-13-16-23(17-14-21)36(33,34)30(2)22-10-5-4-6-11-22/h3,7-9,12-18,22H,1,4-6,10-11,19H2,2H3. The first-order valence-corrected chi connectivity index (χ1v) is 14.4. The fraction of sp³-hybridized carbons (Fsp3) is 0.286. The maximum Gasteiger partial charge on any atom is 0.279 e. The third-order valence-corrected chi connectivity index (χ3v) is 10.0. The first-order chi connectivity index (χ1) is 17.4. The van der Waals surface area contributed by atoms with Gasteiger partial charge in [0.2, 0.25) is 10.0 Å². The van der Waals surface area contributed by atoms with Crippen molar-refractivity contribution < 1.29 is 13.2 Å². The van der Waals surface area contributed by atoms with Crippen molar-refractivity contribution in [3.63, 3.8) is 0 Å². The highest BCUT2D eigenvalue weighted by molar-refractivity contribution is 7.89. The molecule has 0 atom stereocenters. The zero-order chi connectivity index (χ0) is 25.3. The summed E-state index contributed by atoms with van der Waals surface area (Å²) >= 11 is 1.47. The van der Waals surface area contributed by atoms with Crippen LogP contribution >= 0.6 is 11.3 Å². The molecule has 1 aliphatic rings. The van der Waals surface area contributed by atoms with E-state index in [9.17, 15) is 13.2 Å². The van der Waals surface area contributed by atoms with Crippen LogP contribution < -0.4 is 4.80 Å². The molecule has 3 aromatic carbocycles. The van der Waals surface area contributed by atoms with Crippen LogP contribution in [0.3, 0.4) is 0 Å². The SMILES string of the molecule is C=CCn1c(=NC(=O)c2ccc(S(=O)(=O)N(C)C3CCCCC3)cc2)sc2c3ccccc3ccc21. The van der Waals surface area contributed by atoms with Gasteiger partial charge in [-0.2, -0.15) is 9.30 Å². The first kappa shape index (κ1) is 24.6. The summed E-state index contributed by atoms with van der Waals surface area (Å²) < 4.78 is 30.8. The van der Waals surface area contributed by atoms with Crippen LogP contribution in [0.4, 0.5) is 0 Å². The Morgan fingerprint density at radius 1 is 1.08 bits per heavy atom. The molecular formula is C28H29N3O3S2. The van der Waals surface area contributed by atoms with Crippen LogP contribution in [0.25, 0.3) is 21.0 Å². The average molecular weight is 520 g/mol. The third kappa shape index (κ3) is 4.56. The topological polar surface area (TPSA) is 71.7 Å². The number of aromatic nitrogens is 1. The summed E-state index contributed by atoms with van der Waals surface area (Å²) in [5.74, 6) is -0.409. The van der Waals surface area contributed by atoms with E-state index in [2.05, 4.69) is 29.8 Å². The van der Waals surface area contributed by atoms with Gasteiger partial charge in [0.05, 0.1) is 15.1 Å². The van der Waals surface area contributed by atoms with Gasteiger partial charge in [-0.05, 0) is 48.6 Å². The summed E-state index contributed by atoms with van der Waals surface area (Å²) in [6, 6.07) is 18.4. The van der Waals surface area contributed by atoms with Crippen LogP contribution in [0, 0.1) is 0 Å². The van der Waals surface area contributed by atoms with Crippen molar-refractivity contribution in [3.05, 3.63) is 83.7 Å². The van der Waals surface area contributed by atoms with Crippen molar-refractivity contribution in [1.82, 2.24) is 8.87 Å². The van der Waals surface area contributed by atoms with Crippen LogP contribution in [0.2, 0.25) is 0 Å². The van der Waals surface area contributed by atoms with Gasteiger partial charge in [-0.3, -0.25) is 4.79 Å². The fourth-order valence-electron chi connectivity index (χ4n) is 4.92. The molecule has 1 amide bonds. The minimum atomic E-state index is -3.61. The van der Waals surface area contributed by atoms with Crippen molar-refractivity contribution in [1.29, 1.82) is 0 Å². The lowest BCUT2D eigenvalue weighted by molar-refractivity contribution is 0.0997. The average Bonchev–Trinajstić information content (AvgIpc) is 3.26. The summed E-state index contributed by atoms with van der Waals surface area (Å²) in [6.45, 7) is 4.38. The summed E-state index contributed by atoms with van der Waals surface area (Å²) in [6.07, 6.45) is 6.83. The Labute approximate surface area is 215 Å². The van der Waals surface area contributed by atoms with Gasteiger partial charge in [0.15, 0.2) is 4.80 Å². The summed E-state index contributed by atoms with van der Waals surface area (Å²) in [5, 5.41) is 2.24. The fourth-order valence-corrected chi connectivity index (χ4v) is 7.51. The highest BCUT2D eigenvalue weighted by Crippen LogP contribution is 2.28. The number of carbonyl (C=O) groups excluding carboxylic acids is 1. The van der Waals surface area contributed by atoms with E-state index in [1.165, 1.54) is 27.8 Å². The van der Waals surface area contributed by atoms with Crippen molar-refractivity contribution in [2.24, 2.45) is 4.99 Å². The molecule has 1 heterocycles. The van der Waals surface area contributed by atoms with Gasteiger partial charge in [-0.1, -0.05) is 67.0 Å². The van der Waals surface area contributed by atoms with E-state index in [0.717, 1.165) is 53.1 Å². The lowest BCUT2D eigenvalue weighted by atomic mass is 9.96. The second-order valence-electron chi connectivity index (χ2n) is 9.17. The monoisotopic (exact) mass is 519 g/mol. The van der Waals surface area contributed by atoms with E-state index < -0.39 is 15.9 Å². The molecular weight excluding hydrogens is 490 g/mol. The van der Waals surface area contributed by atoms with E-state index in [-0.39, 0.29) is 10.9 Å². The van der Waals surface area contributed by atoms with E-state index in [4.69, 9.17) is 0 Å². The lowest BCUT2D eigenvalue weighted by Crippen LogP contribution is -2.38. The van der Waals surface area contributed by atoms with Crippen molar-refractivity contribution in [2.75, 3.05) is 7.05 Å². The van der Waals surface area contributed by atoms with E-state index >= 15 is 0 Å². The van der Waals surface area contributed by atoms with Crippen LogP contribution in [0.15, 0.2) is 83.2 Å². The highest BCUT2D eigenvalue weighted by atomic mass is 32.2. The number of sulfonamides is 1. The van der Waals surface area contributed by atoms with E-state index in [1.54, 1.807) is 25.3 Å². The lowest BCUT2D eigenvalue weighted by Gasteiger charge is -2.30. The molecule has 4 aromatic rings. The summed E-state index contributed by atoms with van der Waals surface area (Å²) in [5.41, 5.74) is 1.35. The molecule has 0 N–H and O–H groups in total. The third-order valence-electron chi connectivity index (χ3n) is 6.95. The molecule has 0 radical (unpaired) electrons. The quantitative estimate of drug-likeness (QED) is 0.305. The molecule has 8 heteroatoms. The molecule has 0 saturated heterocycles. The normalized spacial score (nSPS) is 15.7. The second-order valence-corrected chi connectivity index (χ2v) is 12.1. The van der Waals surface area contributed by atoms with Crippen LogP contribution in [-0.4, -0.2) is 36.3 Å². The zero-order valence-corrected chi connectivity index (χ0v) is 21.9. The van der Waals surface area contributed by atoms with Gasteiger partial charge < -0.3 is 4.57 Å². The van der Waals surface area contributed by atoms with Crippen molar-refractivity contribution in [2.45, 2.75) is 49.6 Å². The molecule has 1 aliphatic carbocycles. The molecule has 36 heavy (non-hydrogen) atoms. The van der Waals surface area contributed by atoms with Gasteiger partial charge in [0, 0.05) is 30.6 Å². The molecule has 1 saturated carbocycles. The van der Waals surface area contributed by atoms with Gasteiger partial charge >= 0.3 is 0 Å². The number of allylic oxidation sites excluding steroid dienone is 1. The van der Waals surface area contributed by atoms with Crippen molar-refractivity contribution in [3.8, 4) is 0 Å². The second kappa shape index (κ2) is 10.1. The number of hydrogen-bond acceptors (Lipinski definition) is 4. The van der Waals surface area contributed by atoms with E-state index in [0.29, 0.717) is 16.9 Å². The Kier molecular flexibility index (Phi) is 6.92. The number of benzene rings is 3. The van der Waals surface area contributed by atoms with Crippen molar-refractivity contribution >= 4 is 48.3 Å². The smallest absolute Gasteiger partial charge is 0.279 e. The number of fused-ring (bicyclic) bond motifs is 3. The minimum absolute atomic E-state index is 0.0319. The number of hydrogen-bond donors (Lipinski definition) is 0. The van der Waals surface area contributed by atoms with E-state index in [1.807, 2.05) is 22.8 Å². The molecule has 6 nitrogen and oxygen atoms in total. The molecule has 0 aliphatic heterocycles. The molecule has 0 unspecified atom stereocenters. The Balaban J connectivity index is 1.48. The molecule has 186 valence electrons. The van der Waals surface area contributed by atoms with Gasteiger partial charge in [-0.15, -0.1) is 6.58 Å². The predicted octanol–water partition coefficient (Wildman–Crippen LogP) is 5.74. The molecule has 1 aromatic heterocycles.